The molecule has 4 nitrogen and oxygen atoms in total. The first kappa shape index (κ1) is 11.6. The standard InChI is InChI=1S/C13H15NO3/c1-3-10-11(16)14-12(17)13(10,2)8-4-6-9(15)7-5-8/h4-7,10,15H,3H2,1-2H3,(H,14,16,17)/t10-,13-/m1/s1. The van der Waals surface area contributed by atoms with Crippen LogP contribution in [-0.2, 0) is 15.0 Å². The third kappa shape index (κ3) is 1.60. The van der Waals surface area contributed by atoms with E-state index in [-0.39, 0.29) is 23.5 Å². The monoisotopic (exact) mass is 233 g/mol. The smallest absolute Gasteiger partial charge is 0.237 e. The number of amides is 2. The second-order valence-electron chi connectivity index (χ2n) is 4.53. The van der Waals surface area contributed by atoms with Crippen LogP contribution in [0.4, 0.5) is 0 Å². The third-order valence-corrected chi connectivity index (χ3v) is 3.60. The normalized spacial score (nSPS) is 28.2. The topological polar surface area (TPSA) is 66.4 Å². The fraction of sp³-hybridized carbons (Fsp3) is 0.385. The number of nitrogens with one attached hydrogen (secondary N) is 1. The van der Waals surface area contributed by atoms with Crippen molar-refractivity contribution in [1.82, 2.24) is 5.32 Å². The molecule has 0 bridgehead atoms. The van der Waals surface area contributed by atoms with E-state index in [4.69, 9.17) is 0 Å². The number of phenols is 1. The average Bonchev–Trinajstić information content (AvgIpc) is 2.51. The number of carbonyl (C=O) groups is 2. The fourth-order valence-electron chi connectivity index (χ4n) is 2.48. The highest BCUT2D eigenvalue weighted by Crippen LogP contribution is 2.39. The van der Waals surface area contributed by atoms with Crippen molar-refractivity contribution in [3.8, 4) is 5.75 Å². The van der Waals surface area contributed by atoms with E-state index in [1.165, 1.54) is 12.1 Å². The molecule has 2 amide bonds. The summed E-state index contributed by atoms with van der Waals surface area (Å²) in [5.41, 5.74) is -0.0787. The summed E-state index contributed by atoms with van der Waals surface area (Å²) in [5.74, 6) is -0.678. The molecular formula is C13H15NO3. The van der Waals surface area contributed by atoms with Gasteiger partial charge in [-0.15, -0.1) is 0 Å². The van der Waals surface area contributed by atoms with Crippen LogP contribution in [0.25, 0.3) is 0 Å². The molecular weight excluding hydrogens is 218 g/mol. The van der Waals surface area contributed by atoms with Crippen molar-refractivity contribution in [3.05, 3.63) is 29.8 Å². The molecule has 2 rings (SSSR count). The lowest BCUT2D eigenvalue weighted by molar-refractivity contribution is -0.126. The SMILES string of the molecule is CC[C@@H]1C(=O)NC(=O)[C@]1(C)c1ccc(O)cc1. The molecule has 90 valence electrons. The molecule has 0 aromatic heterocycles. The predicted octanol–water partition coefficient (Wildman–Crippen LogP) is 1.33. The molecule has 0 unspecified atom stereocenters. The molecule has 1 aliphatic heterocycles. The van der Waals surface area contributed by atoms with Gasteiger partial charge in [-0.1, -0.05) is 19.1 Å². The van der Waals surface area contributed by atoms with Crippen molar-refractivity contribution in [2.24, 2.45) is 5.92 Å². The number of aromatic hydroxyl groups is 1. The van der Waals surface area contributed by atoms with Gasteiger partial charge in [0, 0.05) is 0 Å². The number of phenolic OH excluding ortho intramolecular Hbond substituents is 1. The minimum Gasteiger partial charge on any atom is -0.508 e. The molecule has 1 aromatic carbocycles. The van der Waals surface area contributed by atoms with Gasteiger partial charge < -0.3 is 5.11 Å². The number of benzene rings is 1. The summed E-state index contributed by atoms with van der Waals surface area (Å²) in [6.07, 6.45) is 0.606. The highest BCUT2D eigenvalue weighted by atomic mass is 16.3. The fourth-order valence-corrected chi connectivity index (χ4v) is 2.48. The molecule has 0 saturated carbocycles. The van der Waals surface area contributed by atoms with Crippen LogP contribution in [0.15, 0.2) is 24.3 Å². The van der Waals surface area contributed by atoms with Gasteiger partial charge in [0.25, 0.3) is 0 Å². The summed E-state index contributed by atoms with van der Waals surface area (Å²) in [6, 6.07) is 6.44. The van der Waals surface area contributed by atoms with E-state index in [1.807, 2.05) is 6.92 Å². The van der Waals surface area contributed by atoms with Crippen molar-refractivity contribution in [3.63, 3.8) is 0 Å². The van der Waals surface area contributed by atoms with Gasteiger partial charge in [-0.25, -0.2) is 0 Å². The number of imide groups is 1. The summed E-state index contributed by atoms with van der Waals surface area (Å²) in [4.78, 5) is 23.7. The summed E-state index contributed by atoms with van der Waals surface area (Å²) in [6.45, 7) is 3.66. The van der Waals surface area contributed by atoms with E-state index in [0.29, 0.717) is 6.42 Å². The molecule has 17 heavy (non-hydrogen) atoms. The Morgan fingerprint density at radius 1 is 1.29 bits per heavy atom. The van der Waals surface area contributed by atoms with E-state index >= 15 is 0 Å². The van der Waals surface area contributed by atoms with Crippen molar-refractivity contribution in [1.29, 1.82) is 0 Å². The summed E-state index contributed by atoms with van der Waals surface area (Å²) in [5, 5.41) is 11.6. The van der Waals surface area contributed by atoms with Crippen molar-refractivity contribution in [2.75, 3.05) is 0 Å². The molecule has 1 aliphatic rings. The third-order valence-electron chi connectivity index (χ3n) is 3.60. The Labute approximate surface area is 99.6 Å². The van der Waals surface area contributed by atoms with Crippen LogP contribution in [0, 0.1) is 5.92 Å². The van der Waals surface area contributed by atoms with E-state index in [9.17, 15) is 14.7 Å². The van der Waals surface area contributed by atoms with Gasteiger partial charge in [0.1, 0.15) is 5.75 Å². The lowest BCUT2D eigenvalue weighted by Crippen LogP contribution is -2.36. The van der Waals surface area contributed by atoms with Gasteiger partial charge in [0.2, 0.25) is 11.8 Å². The van der Waals surface area contributed by atoms with Crippen LogP contribution < -0.4 is 5.32 Å². The van der Waals surface area contributed by atoms with Gasteiger partial charge >= 0.3 is 0 Å². The molecule has 0 radical (unpaired) electrons. The zero-order valence-corrected chi connectivity index (χ0v) is 9.86. The number of hydrogen-bond acceptors (Lipinski definition) is 3. The summed E-state index contributed by atoms with van der Waals surface area (Å²) in [7, 11) is 0. The highest BCUT2D eigenvalue weighted by Gasteiger charge is 2.51. The Balaban J connectivity index is 2.50. The van der Waals surface area contributed by atoms with Crippen LogP contribution in [0.2, 0.25) is 0 Å². The molecule has 0 aliphatic carbocycles. The largest absolute Gasteiger partial charge is 0.508 e. The van der Waals surface area contributed by atoms with Crippen molar-refractivity contribution in [2.45, 2.75) is 25.7 Å². The van der Waals surface area contributed by atoms with Gasteiger partial charge in [-0.05, 0) is 31.0 Å². The second-order valence-corrected chi connectivity index (χ2v) is 4.53. The zero-order valence-electron chi connectivity index (χ0n) is 9.86. The number of rotatable bonds is 2. The first-order valence-electron chi connectivity index (χ1n) is 5.65. The molecule has 1 fully saturated rings. The Hall–Kier alpha value is -1.84. The Kier molecular flexibility index (Phi) is 2.65. The molecule has 1 aromatic rings. The van der Waals surface area contributed by atoms with Crippen LogP contribution in [-0.4, -0.2) is 16.9 Å². The van der Waals surface area contributed by atoms with Gasteiger partial charge in [-0.3, -0.25) is 14.9 Å². The molecule has 2 atom stereocenters. The maximum atomic E-state index is 12.0. The molecule has 0 spiro atoms. The summed E-state index contributed by atoms with van der Waals surface area (Å²) >= 11 is 0. The lowest BCUT2D eigenvalue weighted by Gasteiger charge is -2.26. The Morgan fingerprint density at radius 2 is 1.88 bits per heavy atom. The van der Waals surface area contributed by atoms with E-state index < -0.39 is 5.41 Å². The van der Waals surface area contributed by atoms with Gasteiger partial charge in [-0.2, -0.15) is 0 Å². The van der Waals surface area contributed by atoms with Crippen LogP contribution in [0.5, 0.6) is 5.75 Å². The zero-order chi connectivity index (χ0) is 12.6. The molecule has 2 N–H and O–H groups in total. The average molecular weight is 233 g/mol. The minimum atomic E-state index is -0.834. The Morgan fingerprint density at radius 3 is 2.41 bits per heavy atom. The van der Waals surface area contributed by atoms with Gasteiger partial charge in [0.05, 0.1) is 11.3 Å². The maximum absolute atomic E-state index is 12.0. The molecule has 1 saturated heterocycles. The van der Waals surface area contributed by atoms with E-state index in [1.54, 1.807) is 19.1 Å². The van der Waals surface area contributed by atoms with Crippen molar-refractivity contribution < 1.29 is 14.7 Å². The maximum Gasteiger partial charge on any atom is 0.237 e. The van der Waals surface area contributed by atoms with E-state index in [2.05, 4.69) is 5.32 Å². The predicted molar refractivity (Wildman–Crippen MR) is 62.4 cm³/mol. The van der Waals surface area contributed by atoms with Crippen LogP contribution in [0.3, 0.4) is 0 Å². The van der Waals surface area contributed by atoms with Crippen LogP contribution in [0.1, 0.15) is 25.8 Å². The van der Waals surface area contributed by atoms with E-state index in [0.717, 1.165) is 5.56 Å². The quantitative estimate of drug-likeness (QED) is 0.757. The number of carbonyl (C=O) groups excluding carboxylic acids is 2. The first-order valence-corrected chi connectivity index (χ1v) is 5.65. The second kappa shape index (κ2) is 3.87. The van der Waals surface area contributed by atoms with Crippen molar-refractivity contribution >= 4 is 11.8 Å². The number of hydrogen-bond donors (Lipinski definition) is 2. The van der Waals surface area contributed by atoms with Crippen LogP contribution >= 0.6 is 0 Å². The lowest BCUT2D eigenvalue weighted by atomic mass is 9.72. The van der Waals surface area contributed by atoms with Gasteiger partial charge in [0.15, 0.2) is 0 Å². The Bertz CT molecular complexity index is 466. The minimum absolute atomic E-state index is 0.148. The first-order chi connectivity index (χ1) is 8.00. The molecule has 1 heterocycles. The highest BCUT2D eigenvalue weighted by molar-refractivity contribution is 6.10. The summed E-state index contributed by atoms with van der Waals surface area (Å²) < 4.78 is 0. The molecule has 4 heteroatoms.